The van der Waals surface area contributed by atoms with Gasteiger partial charge in [-0.25, -0.2) is 0 Å². The number of amides is 1. The summed E-state index contributed by atoms with van der Waals surface area (Å²) >= 11 is 0. The van der Waals surface area contributed by atoms with Crippen molar-refractivity contribution in [2.75, 3.05) is 7.05 Å². The molecule has 0 saturated carbocycles. The predicted molar refractivity (Wildman–Crippen MR) is 109 cm³/mol. The van der Waals surface area contributed by atoms with Crippen molar-refractivity contribution in [3.8, 4) is 28.1 Å². The van der Waals surface area contributed by atoms with Gasteiger partial charge in [0.25, 0.3) is 5.91 Å². The van der Waals surface area contributed by atoms with Crippen LogP contribution in [-0.2, 0) is 6.54 Å². The van der Waals surface area contributed by atoms with Gasteiger partial charge in [-0.3, -0.25) is 9.78 Å². The van der Waals surface area contributed by atoms with E-state index in [-0.39, 0.29) is 11.7 Å². The van der Waals surface area contributed by atoms with E-state index in [1.54, 1.807) is 42.5 Å². The second-order valence-corrected chi connectivity index (χ2v) is 6.71. The highest BCUT2D eigenvalue weighted by Crippen LogP contribution is 2.24. The highest BCUT2D eigenvalue weighted by molar-refractivity contribution is 5.95. The van der Waals surface area contributed by atoms with Gasteiger partial charge < -0.3 is 14.5 Å². The lowest BCUT2D eigenvalue weighted by molar-refractivity contribution is 0.0772. The zero-order chi connectivity index (χ0) is 20.2. The maximum atomic E-state index is 12.9. The summed E-state index contributed by atoms with van der Waals surface area (Å²) in [7, 11) is 1.72. The fraction of sp³-hybridized carbons (Fsp3) is 0.0870. The highest BCUT2D eigenvalue weighted by Gasteiger charge is 2.16. The number of hydrogen-bond donors (Lipinski definition) is 1. The summed E-state index contributed by atoms with van der Waals surface area (Å²) in [5.74, 6) is 0.678. The molecule has 0 unspecified atom stereocenters. The predicted octanol–water partition coefficient (Wildman–Crippen LogP) is 4.38. The van der Waals surface area contributed by atoms with Crippen LogP contribution in [0.2, 0.25) is 0 Å². The fourth-order valence-corrected chi connectivity index (χ4v) is 3.05. The third-order valence-electron chi connectivity index (χ3n) is 4.57. The van der Waals surface area contributed by atoms with E-state index in [0.29, 0.717) is 23.6 Å². The average molecular weight is 385 g/mol. The van der Waals surface area contributed by atoms with E-state index < -0.39 is 0 Å². The van der Waals surface area contributed by atoms with Crippen molar-refractivity contribution >= 4 is 5.91 Å². The van der Waals surface area contributed by atoms with Crippen molar-refractivity contribution in [1.29, 1.82) is 0 Å². The van der Waals surface area contributed by atoms with Crippen LogP contribution in [0.1, 0.15) is 16.1 Å². The van der Waals surface area contributed by atoms with Crippen molar-refractivity contribution < 1.29 is 14.4 Å². The summed E-state index contributed by atoms with van der Waals surface area (Å²) in [5.41, 5.74) is 3.95. The number of nitrogens with zero attached hydrogens (tertiary/aromatic N) is 3. The van der Waals surface area contributed by atoms with E-state index in [2.05, 4.69) is 10.1 Å². The first-order valence-corrected chi connectivity index (χ1v) is 9.11. The van der Waals surface area contributed by atoms with Crippen LogP contribution < -0.4 is 0 Å². The zero-order valence-corrected chi connectivity index (χ0v) is 15.8. The van der Waals surface area contributed by atoms with Crippen LogP contribution in [0.5, 0.6) is 5.75 Å². The molecule has 1 amide bonds. The van der Waals surface area contributed by atoms with E-state index >= 15 is 0 Å². The van der Waals surface area contributed by atoms with Crippen molar-refractivity contribution in [2.45, 2.75) is 6.54 Å². The van der Waals surface area contributed by atoms with E-state index in [1.807, 2.05) is 48.5 Å². The fourth-order valence-electron chi connectivity index (χ4n) is 3.05. The molecule has 0 aliphatic heterocycles. The number of phenols is 1. The summed E-state index contributed by atoms with van der Waals surface area (Å²) in [6.07, 6.45) is 3.41. The molecule has 0 atom stereocenters. The van der Waals surface area contributed by atoms with Gasteiger partial charge in [-0.2, -0.15) is 0 Å². The van der Waals surface area contributed by atoms with Crippen LogP contribution in [-0.4, -0.2) is 33.1 Å². The lowest BCUT2D eigenvalue weighted by Gasteiger charge is -2.16. The monoisotopic (exact) mass is 385 g/mol. The number of hydrogen-bond acceptors (Lipinski definition) is 5. The smallest absolute Gasteiger partial charge is 0.254 e. The molecule has 0 aliphatic carbocycles. The Morgan fingerprint density at radius 3 is 2.55 bits per heavy atom. The third kappa shape index (κ3) is 4.16. The lowest BCUT2D eigenvalue weighted by atomic mass is 10.0. The molecule has 144 valence electrons. The van der Waals surface area contributed by atoms with Crippen LogP contribution >= 0.6 is 0 Å². The molecule has 0 bridgehead atoms. The SMILES string of the molecule is CN(Cc1cc(-c2cccnc2)no1)C(=O)c1cccc(-c2ccc(O)cc2)c1. The van der Waals surface area contributed by atoms with Crippen molar-refractivity contribution in [3.63, 3.8) is 0 Å². The number of pyridine rings is 1. The van der Waals surface area contributed by atoms with Gasteiger partial charge in [-0.15, -0.1) is 0 Å². The number of phenolic OH excluding ortho intramolecular Hbond substituents is 1. The molecule has 0 fully saturated rings. The summed E-state index contributed by atoms with van der Waals surface area (Å²) in [5, 5.41) is 13.5. The van der Waals surface area contributed by atoms with Gasteiger partial charge in [0.15, 0.2) is 5.76 Å². The topological polar surface area (TPSA) is 79.5 Å². The first-order chi connectivity index (χ1) is 14.1. The Hall–Kier alpha value is -3.93. The molecular weight excluding hydrogens is 366 g/mol. The molecule has 0 aliphatic rings. The first-order valence-electron chi connectivity index (χ1n) is 9.11. The molecule has 29 heavy (non-hydrogen) atoms. The van der Waals surface area contributed by atoms with Gasteiger partial charge in [0.05, 0.1) is 6.54 Å². The molecule has 1 N–H and O–H groups in total. The molecule has 2 aromatic heterocycles. The molecule has 0 spiro atoms. The quantitative estimate of drug-likeness (QED) is 0.551. The summed E-state index contributed by atoms with van der Waals surface area (Å²) in [6, 6.07) is 19.8. The minimum Gasteiger partial charge on any atom is -0.508 e. The second-order valence-electron chi connectivity index (χ2n) is 6.71. The molecule has 6 nitrogen and oxygen atoms in total. The van der Waals surface area contributed by atoms with Gasteiger partial charge in [-0.05, 0) is 47.5 Å². The number of benzene rings is 2. The van der Waals surface area contributed by atoms with Gasteiger partial charge in [0.2, 0.25) is 0 Å². The Morgan fingerprint density at radius 2 is 1.79 bits per heavy atom. The largest absolute Gasteiger partial charge is 0.508 e. The van der Waals surface area contributed by atoms with E-state index in [4.69, 9.17) is 4.52 Å². The molecule has 6 heteroatoms. The van der Waals surface area contributed by atoms with E-state index in [0.717, 1.165) is 16.7 Å². The van der Waals surface area contributed by atoms with Crippen LogP contribution in [0, 0.1) is 0 Å². The summed E-state index contributed by atoms with van der Waals surface area (Å²) in [4.78, 5) is 18.5. The van der Waals surface area contributed by atoms with Gasteiger partial charge in [0, 0.05) is 36.6 Å². The Morgan fingerprint density at radius 1 is 1.00 bits per heavy atom. The van der Waals surface area contributed by atoms with E-state index in [9.17, 15) is 9.90 Å². The van der Waals surface area contributed by atoms with E-state index in [1.165, 1.54) is 0 Å². The number of carbonyl (C=O) groups excluding carboxylic acids is 1. The lowest BCUT2D eigenvalue weighted by Crippen LogP contribution is -2.26. The van der Waals surface area contributed by atoms with Crippen LogP contribution in [0.4, 0.5) is 0 Å². The number of rotatable bonds is 5. The average Bonchev–Trinajstić information content (AvgIpc) is 3.23. The molecule has 2 aromatic carbocycles. The highest BCUT2D eigenvalue weighted by atomic mass is 16.5. The molecular formula is C23H19N3O3. The Balaban J connectivity index is 1.49. The summed E-state index contributed by atoms with van der Waals surface area (Å²) < 4.78 is 5.38. The molecule has 4 rings (SSSR count). The number of aromatic hydroxyl groups is 1. The molecule has 4 aromatic rings. The second kappa shape index (κ2) is 7.98. The van der Waals surface area contributed by atoms with Crippen molar-refractivity contribution in [1.82, 2.24) is 15.0 Å². The van der Waals surface area contributed by atoms with Crippen LogP contribution in [0.15, 0.2) is 83.6 Å². The maximum absolute atomic E-state index is 12.9. The number of aromatic nitrogens is 2. The Kier molecular flexibility index (Phi) is 5.07. The Labute approximate surface area is 168 Å². The van der Waals surface area contributed by atoms with Gasteiger partial charge in [-0.1, -0.05) is 29.4 Å². The van der Waals surface area contributed by atoms with Crippen molar-refractivity contribution in [3.05, 3.63) is 90.4 Å². The molecule has 0 radical (unpaired) electrons. The van der Waals surface area contributed by atoms with Crippen molar-refractivity contribution in [2.24, 2.45) is 0 Å². The molecule has 0 saturated heterocycles. The Bertz CT molecular complexity index is 1120. The minimum atomic E-state index is -0.120. The standard InChI is InChI=1S/C23H19N3O3/c1-26(15-21-13-22(25-29-21)19-6-3-11-24-14-19)23(28)18-5-2-4-17(12-18)16-7-9-20(27)10-8-16/h2-14,27H,15H2,1H3. The zero-order valence-electron chi connectivity index (χ0n) is 15.8. The third-order valence-corrected chi connectivity index (χ3v) is 4.57. The molecule has 2 heterocycles. The maximum Gasteiger partial charge on any atom is 0.254 e. The van der Waals surface area contributed by atoms with Gasteiger partial charge >= 0.3 is 0 Å². The van der Waals surface area contributed by atoms with Crippen LogP contribution in [0.3, 0.4) is 0 Å². The summed E-state index contributed by atoms with van der Waals surface area (Å²) in [6.45, 7) is 0.301. The van der Waals surface area contributed by atoms with Crippen LogP contribution in [0.25, 0.3) is 22.4 Å². The van der Waals surface area contributed by atoms with Gasteiger partial charge in [0.1, 0.15) is 11.4 Å². The first kappa shape index (κ1) is 18.4. The minimum absolute atomic E-state index is 0.120. The number of carbonyl (C=O) groups is 1. The normalized spacial score (nSPS) is 10.7.